The Kier molecular flexibility index (Phi) is 16.4. The molecule has 0 aliphatic heterocycles. The number of carbonyl (C=O) groups excluding carboxylic acids is 6. The van der Waals surface area contributed by atoms with Crippen LogP contribution in [0.3, 0.4) is 0 Å². The summed E-state index contributed by atoms with van der Waals surface area (Å²) < 4.78 is 31.6. The van der Waals surface area contributed by atoms with Gasteiger partial charge >= 0.3 is 36.1 Å². The predicted octanol–water partition coefficient (Wildman–Crippen LogP) is 5.31. The number of ether oxygens (including phenoxy) is 6. The Bertz CT molecular complexity index is 1270. The SMILES string of the molecule is COC(=O)C(Cc1ccc(OC(=O)CCCCC(=O)OC(C)(C)C)c(OC(=O)CCCNC(=O)OC(C)(C)C)c1)NC(=O)OC(C)(C)C. The van der Waals surface area contributed by atoms with Crippen molar-refractivity contribution in [2.75, 3.05) is 13.7 Å². The van der Waals surface area contributed by atoms with E-state index >= 15 is 0 Å². The van der Waals surface area contributed by atoms with Crippen LogP contribution in [-0.4, -0.2) is 72.6 Å². The summed E-state index contributed by atoms with van der Waals surface area (Å²) in [5, 5.41) is 5.04. The van der Waals surface area contributed by atoms with Crippen LogP contribution >= 0.6 is 0 Å². The van der Waals surface area contributed by atoms with Crippen molar-refractivity contribution in [2.45, 2.75) is 130 Å². The maximum Gasteiger partial charge on any atom is 0.408 e. The van der Waals surface area contributed by atoms with Crippen molar-refractivity contribution in [2.24, 2.45) is 0 Å². The van der Waals surface area contributed by atoms with Crippen LogP contribution in [-0.2, 0) is 44.5 Å². The summed E-state index contributed by atoms with van der Waals surface area (Å²) in [7, 11) is 1.17. The number of hydrogen-bond donors (Lipinski definition) is 2. The van der Waals surface area contributed by atoms with Gasteiger partial charge in [-0.3, -0.25) is 14.4 Å². The van der Waals surface area contributed by atoms with Crippen LogP contribution in [0.25, 0.3) is 0 Å². The highest BCUT2D eigenvalue weighted by Gasteiger charge is 2.26. The van der Waals surface area contributed by atoms with E-state index < -0.39 is 52.9 Å². The van der Waals surface area contributed by atoms with Gasteiger partial charge in [-0.15, -0.1) is 0 Å². The molecule has 0 heterocycles. The first-order valence-electron chi connectivity index (χ1n) is 15.9. The topological polar surface area (TPSA) is 182 Å². The highest BCUT2D eigenvalue weighted by Crippen LogP contribution is 2.30. The summed E-state index contributed by atoms with van der Waals surface area (Å²) in [5.41, 5.74) is -1.65. The Morgan fingerprint density at radius 1 is 0.646 bits per heavy atom. The molecule has 270 valence electrons. The first kappa shape index (κ1) is 41.7. The monoisotopic (exact) mass is 680 g/mol. The van der Waals surface area contributed by atoms with Crippen molar-refractivity contribution in [1.29, 1.82) is 0 Å². The highest BCUT2D eigenvalue weighted by atomic mass is 16.6. The number of amides is 2. The molecule has 1 atom stereocenters. The standard InChI is InChI=1S/C34H52N2O12/c1-32(2,3)46-28(39)15-12-11-14-26(37)44-24-18-17-22(20-23(29(40)43-10)36-31(42)48-34(7,8)9)21-25(24)45-27(38)16-13-19-35-30(41)47-33(4,5)6/h17-18,21,23H,11-16,19-20H2,1-10H3,(H,35,41)(H,36,42). The molecule has 0 spiro atoms. The smallest absolute Gasteiger partial charge is 0.408 e. The summed E-state index contributed by atoms with van der Waals surface area (Å²) in [6.45, 7) is 15.7. The number of rotatable bonds is 15. The minimum absolute atomic E-state index is 0.0154. The lowest BCUT2D eigenvalue weighted by molar-refractivity contribution is -0.155. The minimum Gasteiger partial charge on any atom is -0.467 e. The van der Waals surface area contributed by atoms with Crippen LogP contribution in [0.2, 0.25) is 0 Å². The molecule has 14 heteroatoms. The molecule has 1 aromatic rings. The summed E-state index contributed by atoms with van der Waals surface area (Å²) >= 11 is 0. The molecule has 2 N–H and O–H groups in total. The van der Waals surface area contributed by atoms with Crippen LogP contribution in [0.5, 0.6) is 11.5 Å². The Balaban J connectivity index is 3.04. The highest BCUT2D eigenvalue weighted by molar-refractivity contribution is 5.82. The van der Waals surface area contributed by atoms with Gasteiger partial charge in [-0.05, 0) is 99.3 Å². The quantitative estimate of drug-likeness (QED) is 0.106. The number of unbranched alkanes of at least 4 members (excludes halogenated alkanes) is 1. The normalized spacial score (nSPS) is 12.2. The molecule has 0 fully saturated rings. The number of esters is 4. The Morgan fingerprint density at radius 3 is 1.69 bits per heavy atom. The first-order valence-corrected chi connectivity index (χ1v) is 15.9. The Morgan fingerprint density at radius 2 is 1.15 bits per heavy atom. The van der Waals surface area contributed by atoms with E-state index in [1.54, 1.807) is 68.4 Å². The van der Waals surface area contributed by atoms with Crippen molar-refractivity contribution in [3.8, 4) is 11.5 Å². The van der Waals surface area contributed by atoms with E-state index in [0.717, 1.165) is 0 Å². The number of hydrogen-bond acceptors (Lipinski definition) is 12. The molecule has 0 saturated carbocycles. The second-order valence-corrected chi connectivity index (χ2v) is 14.0. The number of carbonyl (C=O) groups is 6. The molecular weight excluding hydrogens is 628 g/mol. The summed E-state index contributed by atoms with van der Waals surface area (Å²) in [6, 6.07) is 3.21. The largest absolute Gasteiger partial charge is 0.467 e. The molecule has 1 unspecified atom stereocenters. The second-order valence-electron chi connectivity index (χ2n) is 14.0. The van der Waals surface area contributed by atoms with Crippen LogP contribution < -0.4 is 20.1 Å². The third-order valence-electron chi connectivity index (χ3n) is 5.73. The molecule has 0 aliphatic rings. The van der Waals surface area contributed by atoms with E-state index in [9.17, 15) is 28.8 Å². The molecule has 0 aromatic heterocycles. The molecule has 0 radical (unpaired) electrons. The zero-order valence-electron chi connectivity index (χ0n) is 29.9. The van der Waals surface area contributed by atoms with Gasteiger partial charge in [0.2, 0.25) is 0 Å². The fourth-order valence-corrected chi connectivity index (χ4v) is 3.88. The molecule has 2 amide bonds. The van der Waals surface area contributed by atoms with E-state index in [2.05, 4.69) is 10.6 Å². The van der Waals surface area contributed by atoms with Gasteiger partial charge in [0.15, 0.2) is 11.5 Å². The van der Waals surface area contributed by atoms with Crippen molar-refractivity contribution in [3.05, 3.63) is 23.8 Å². The summed E-state index contributed by atoms with van der Waals surface area (Å²) in [6.07, 6.45) is -0.505. The zero-order valence-corrected chi connectivity index (χ0v) is 29.9. The average molecular weight is 681 g/mol. The van der Waals surface area contributed by atoms with Crippen LogP contribution in [0.1, 0.15) is 106 Å². The summed E-state index contributed by atoms with van der Waals surface area (Å²) in [4.78, 5) is 74.1. The van der Waals surface area contributed by atoms with Crippen molar-refractivity contribution < 1.29 is 57.2 Å². The number of methoxy groups -OCH3 is 1. The average Bonchev–Trinajstić information content (AvgIpc) is 2.91. The Hall–Kier alpha value is -4.36. The van der Waals surface area contributed by atoms with E-state index in [1.165, 1.54) is 19.2 Å². The first-order chi connectivity index (χ1) is 22.1. The molecule has 0 aliphatic carbocycles. The van der Waals surface area contributed by atoms with Gasteiger partial charge in [-0.2, -0.15) is 0 Å². The third kappa shape index (κ3) is 19.3. The van der Waals surface area contributed by atoms with Gasteiger partial charge in [-0.1, -0.05) is 6.07 Å². The molecule has 48 heavy (non-hydrogen) atoms. The van der Waals surface area contributed by atoms with E-state index in [0.29, 0.717) is 18.4 Å². The van der Waals surface area contributed by atoms with E-state index in [4.69, 9.17) is 28.4 Å². The molecule has 14 nitrogen and oxygen atoms in total. The fraction of sp³-hybridized carbons (Fsp3) is 0.647. The maximum atomic E-state index is 12.8. The summed E-state index contributed by atoms with van der Waals surface area (Å²) in [5.74, 6) is -2.55. The van der Waals surface area contributed by atoms with Crippen molar-refractivity contribution in [3.63, 3.8) is 0 Å². The minimum atomic E-state index is -1.15. The predicted molar refractivity (Wildman–Crippen MR) is 174 cm³/mol. The third-order valence-corrected chi connectivity index (χ3v) is 5.73. The lowest BCUT2D eigenvalue weighted by atomic mass is 10.1. The number of benzene rings is 1. The van der Waals surface area contributed by atoms with E-state index in [-0.39, 0.29) is 56.1 Å². The van der Waals surface area contributed by atoms with Gasteiger partial charge in [0, 0.05) is 32.2 Å². The Labute approximate surface area is 282 Å². The van der Waals surface area contributed by atoms with Gasteiger partial charge in [0.05, 0.1) is 7.11 Å². The number of nitrogens with one attached hydrogen (secondary N) is 2. The lowest BCUT2D eigenvalue weighted by Crippen LogP contribution is -2.45. The van der Waals surface area contributed by atoms with Gasteiger partial charge in [0.25, 0.3) is 0 Å². The molecule has 0 saturated heterocycles. The van der Waals surface area contributed by atoms with Crippen LogP contribution in [0, 0.1) is 0 Å². The number of alkyl carbamates (subject to hydrolysis) is 2. The molecular formula is C34H52N2O12. The van der Waals surface area contributed by atoms with Crippen molar-refractivity contribution in [1.82, 2.24) is 10.6 Å². The lowest BCUT2D eigenvalue weighted by Gasteiger charge is -2.23. The van der Waals surface area contributed by atoms with Crippen LogP contribution in [0.4, 0.5) is 9.59 Å². The van der Waals surface area contributed by atoms with Gasteiger partial charge < -0.3 is 39.1 Å². The molecule has 1 aromatic carbocycles. The van der Waals surface area contributed by atoms with Crippen molar-refractivity contribution >= 4 is 36.1 Å². The molecule has 0 bridgehead atoms. The van der Waals surface area contributed by atoms with Gasteiger partial charge in [-0.25, -0.2) is 14.4 Å². The second kappa shape index (κ2) is 18.8. The van der Waals surface area contributed by atoms with E-state index in [1.807, 2.05) is 0 Å². The maximum absolute atomic E-state index is 12.8. The van der Waals surface area contributed by atoms with Crippen LogP contribution in [0.15, 0.2) is 18.2 Å². The fourth-order valence-electron chi connectivity index (χ4n) is 3.88. The molecule has 1 rings (SSSR count). The van der Waals surface area contributed by atoms with Gasteiger partial charge in [0.1, 0.15) is 22.8 Å². The zero-order chi connectivity index (χ0) is 36.7.